The van der Waals surface area contributed by atoms with E-state index in [2.05, 4.69) is 11.8 Å². The van der Waals surface area contributed by atoms with Crippen LogP contribution in [0.15, 0.2) is 10.9 Å². The van der Waals surface area contributed by atoms with Crippen LogP contribution >= 0.6 is 0 Å². The van der Waals surface area contributed by atoms with Crippen molar-refractivity contribution >= 4 is 5.91 Å². The average Bonchev–Trinajstić information content (AvgIpc) is 2.62. The van der Waals surface area contributed by atoms with Gasteiger partial charge in [-0.25, -0.2) is 0 Å². The molecule has 0 aromatic carbocycles. The van der Waals surface area contributed by atoms with Crippen LogP contribution in [-0.4, -0.2) is 60.1 Å². The molecule has 0 saturated carbocycles. The van der Waals surface area contributed by atoms with Crippen LogP contribution in [0.25, 0.3) is 0 Å². The molecule has 2 aliphatic rings. The summed E-state index contributed by atoms with van der Waals surface area (Å²) in [6.07, 6.45) is 3.90. The number of carbonyl (C=O) groups is 1. The van der Waals surface area contributed by atoms with Crippen molar-refractivity contribution in [1.29, 1.82) is 0 Å². The van der Waals surface area contributed by atoms with Gasteiger partial charge in [0.25, 0.3) is 11.5 Å². The number of aromatic nitrogens is 1. The number of hydrogen-bond acceptors (Lipinski definition) is 4. The van der Waals surface area contributed by atoms with Crippen molar-refractivity contribution < 1.29 is 9.53 Å². The number of piperazine rings is 1. The first-order chi connectivity index (χ1) is 11.7. The van der Waals surface area contributed by atoms with Gasteiger partial charge in [0.15, 0.2) is 0 Å². The summed E-state index contributed by atoms with van der Waals surface area (Å²) in [5.41, 5.74) is 1.39. The van der Waals surface area contributed by atoms with Crippen LogP contribution in [-0.2, 0) is 13.0 Å². The third-order valence-electron chi connectivity index (χ3n) is 5.06. The summed E-state index contributed by atoms with van der Waals surface area (Å²) in [5, 5.41) is 0. The van der Waals surface area contributed by atoms with Crippen LogP contribution in [0.3, 0.4) is 0 Å². The number of fused-ring (bicyclic) bond motifs is 1. The van der Waals surface area contributed by atoms with Crippen molar-refractivity contribution in [3.05, 3.63) is 27.7 Å². The third-order valence-corrected chi connectivity index (χ3v) is 5.06. The number of methoxy groups -OCH3 is 1. The lowest BCUT2D eigenvalue weighted by atomic mass is 10.0. The topological polar surface area (TPSA) is 54.8 Å². The predicted octanol–water partition coefficient (Wildman–Crippen LogP) is 1.36. The van der Waals surface area contributed by atoms with E-state index in [1.807, 2.05) is 4.90 Å². The van der Waals surface area contributed by atoms with Crippen LogP contribution in [0.2, 0.25) is 0 Å². The van der Waals surface area contributed by atoms with Gasteiger partial charge in [0.2, 0.25) is 0 Å². The van der Waals surface area contributed by atoms with Crippen molar-refractivity contribution in [2.24, 2.45) is 0 Å². The predicted molar refractivity (Wildman–Crippen MR) is 92.8 cm³/mol. The van der Waals surface area contributed by atoms with Gasteiger partial charge in [-0.1, -0.05) is 6.92 Å². The molecule has 1 amide bonds. The normalized spacial score (nSPS) is 18.3. The summed E-state index contributed by atoms with van der Waals surface area (Å²) in [4.78, 5) is 29.7. The highest BCUT2D eigenvalue weighted by Crippen LogP contribution is 2.26. The van der Waals surface area contributed by atoms with Gasteiger partial charge in [0.05, 0.1) is 7.11 Å². The highest BCUT2D eigenvalue weighted by atomic mass is 16.5. The van der Waals surface area contributed by atoms with Gasteiger partial charge >= 0.3 is 0 Å². The maximum atomic E-state index is 13.1. The molecule has 3 heterocycles. The Hall–Kier alpha value is -1.82. The molecule has 1 saturated heterocycles. The number of ether oxygens (including phenoxy) is 1. The summed E-state index contributed by atoms with van der Waals surface area (Å²) in [5.74, 6) is 0.433. The molecule has 24 heavy (non-hydrogen) atoms. The molecule has 0 aliphatic carbocycles. The first kappa shape index (κ1) is 17.0. The zero-order chi connectivity index (χ0) is 17.1. The molecule has 0 atom stereocenters. The van der Waals surface area contributed by atoms with Crippen molar-refractivity contribution in [2.75, 3.05) is 39.8 Å². The minimum absolute atomic E-state index is 0.00801. The highest BCUT2D eigenvalue weighted by molar-refractivity contribution is 5.98. The fourth-order valence-electron chi connectivity index (χ4n) is 3.78. The molecule has 0 radical (unpaired) electrons. The van der Waals surface area contributed by atoms with Crippen molar-refractivity contribution in [3.8, 4) is 5.75 Å². The fourth-order valence-corrected chi connectivity index (χ4v) is 3.78. The first-order valence-electron chi connectivity index (χ1n) is 8.98. The minimum Gasteiger partial charge on any atom is -0.496 e. The molecule has 1 aromatic rings. The zero-order valence-corrected chi connectivity index (χ0v) is 14.7. The number of rotatable bonds is 4. The second-order valence-electron chi connectivity index (χ2n) is 6.62. The SMILES string of the molecule is CCCN1CCN(C(=O)c2c(OC)cc(=O)n3c2CCCC3)CC1. The molecule has 0 unspecified atom stereocenters. The lowest BCUT2D eigenvalue weighted by molar-refractivity contribution is 0.0631. The third kappa shape index (κ3) is 3.20. The van der Waals surface area contributed by atoms with E-state index < -0.39 is 0 Å². The average molecular weight is 333 g/mol. The highest BCUT2D eigenvalue weighted by Gasteiger charge is 2.29. The van der Waals surface area contributed by atoms with Gasteiger partial charge in [0.1, 0.15) is 11.3 Å². The second-order valence-corrected chi connectivity index (χ2v) is 6.62. The van der Waals surface area contributed by atoms with E-state index in [0.29, 0.717) is 17.9 Å². The van der Waals surface area contributed by atoms with E-state index in [4.69, 9.17) is 4.74 Å². The van der Waals surface area contributed by atoms with Crippen molar-refractivity contribution in [2.45, 2.75) is 39.2 Å². The molecule has 2 aliphatic heterocycles. The molecular weight excluding hydrogens is 306 g/mol. The fraction of sp³-hybridized carbons (Fsp3) is 0.667. The van der Waals surface area contributed by atoms with Crippen molar-refractivity contribution in [1.82, 2.24) is 14.4 Å². The first-order valence-corrected chi connectivity index (χ1v) is 8.98. The molecule has 1 fully saturated rings. The Kier molecular flexibility index (Phi) is 5.23. The Morgan fingerprint density at radius 3 is 2.58 bits per heavy atom. The quantitative estimate of drug-likeness (QED) is 0.835. The Balaban J connectivity index is 1.88. The molecule has 1 aromatic heterocycles. The molecule has 132 valence electrons. The summed E-state index contributed by atoms with van der Waals surface area (Å²) in [6, 6.07) is 1.47. The lowest BCUT2D eigenvalue weighted by Crippen LogP contribution is -2.49. The number of hydrogen-bond donors (Lipinski definition) is 0. The summed E-state index contributed by atoms with van der Waals surface area (Å²) in [7, 11) is 1.53. The monoisotopic (exact) mass is 333 g/mol. The van der Waals surface area contributed by atoms with E-state index in [0.717, 1.165) is 64.1 Å². The van der Waals surface area contributed by atoms with Crippen LogP contribution < -0.4 is 10.3 Å². The van der Waals surface area contributed by atoms with E-state index in [1.54, 1.807) is 4.57 Å². The molecule has 3 rings (SSSR count). The summed E-state index contributed by atoms with van der Waals surface area (Å²) in [6.45, 7) is 7.26. The van der Waals surface area contributed by atoms with Gasteiger partial charge in [0, 0.05) is 44.5 Å². The van der Waals surface area contributed by atoms with Crippen LogP contribution in [0.5, 0.6) is 5.75 Å². The molecule has 0 bridgehead atoms. The number of amides is 1. The van der Waals surface area contributed by atoms with Crippen LogP contribution in [0.4, 0.5) is 0 Å². The molecule has 0 N–H and O–H groups in total. The molecular formula is C18H27N3O3. The Morgan fingerprint density at radius 2 is 1.92 bits per heavy atom. The Morgan fingerprint density at radius 1 is 1.17 bits per heavy atom. The zero-order valence-electron chi connectivity index (χ0n) is 14.7. The Labute approximate surface area is 143 Å². The lowest BCUT2D eigenvalue weighted by Gasteiger charge is -2.35. The summed E-state index contributed by atoms with van der Waals surface area (Å²) < 4.78 is 7.15. The number of nitrogens with zero attached hydrogens (tertiary/aromatic N) is 3. The number of carbonyl (C=O) groups excluding carboxylic acids is 1. The van der Waals surface area contributed by atoms with Crippen LogP contribution in [0.1, 0.15) is 42.2 Å². The van der Waals surface area contributed by atoms with Gasteiger partial charge in [-0.3, -0.25) is 14.5 Å². The van der Waals surface area contributed by atoms with Crippen molar-refractivity contribution in [3.63, 3.8) is 0 Å². The van der Waals surface area contributed by atoms with Crippen LogP contribution in [0, 0.1) is 0 Å². The summed E-state index contributed by atoms with van der Waals surface area (Å²) >= 11 is 0. The second kappa shape index (κ2) is 7.38. The van der Waals surface area contributed by atoms with E-state index in [9.17, 15) is 9.59 Å². The van der Waals surface area contributed by atoms with Gasteiger partial charge in [-0.2, -0.15) is 0 Å². The molecule has 0 spiro atoms. The maximum Gasteiger partial charge on any atom is 0.259 e. The smallest absolute Gasteiger partial charge is 0.259 e. The van der Waals surface area contributed by atoms with E-state index in [1.165, 1.54) is 13.2 Å². The van der Waals surface area contributed by atoms with Gasteiger partial charge in [-0.15, -0.1) is 0 Å². The molecule has 6 nitrogen and oxygen atoms in total. The maximum absolute atomic E-state index is 13.1. The molecule has 6 heteroatoms. The van der Waals surface area contributed by atoms with Gasteiger partial charge < -0.3 is 14.2 Å². The Bertz CT molecular complexity index is 660. The standard InChI is InChI=1S/C18H27N3O3/c1-3-7-19-9-11-20(12-10-19)18(23)17-14-6-4-5-8-21(14)16(22)13-15(17)24-2/h13H,3-12H2,1-2H3. The number of pyridine rings is 1. The van der Waals surface area contributed by atoms with E-state index in [-0.39, 0.29) is 11.5 Å². The van der Waals surface area contributed by atoms with Gasteiger partial charge in [-0.05, 0) is 32.2 Å². The largest absolute Gasteiger partial charge is 0.496 e. The minimum atomic E-state index is -0.0640. The van der Waals surface area contributed by atoms with E-state index >= 15 is 0 Å².